The molecule has 0 radical (unpaired) electrons. The van der Waals surface area contributed by atoms with Gasteiger partial charge in [0, 0.05) is 20.1 Å². The van der Waals surface area contributed by atoms with Gasteiger partial charge in [0.15, 0.2) is 11.0 Å². The summed E-state index contributed by atoms with van der Waals surface area (Å²) in [6.07, 6.45) is 0.138. The summed E-state index contributed by atoms with van der Waals surface area (Å²) in [4.78, 5) is 14.4. The van der Waals surface area contributed by atoms with Crippen LogP contribution in [0.5, 0.6) is 5.75 Å². The Morgan fingerprint density at radius 1 is 1.27 bits per heavy atom. The summed E-state index contributed by atoms with van der Waals surface area (Å²) >= 11 is 1.40. The highest BCUT2D eigenvalue weighted by Gasteiger charge is 2.26. The number of carbonyl (C=O) groups excluding carboxylic acids is 1. The van der Waals surface area contributed by atoms with Crippen molar-refractivity contribution < 1.29 is 14.3 Å². The molecule has 0 bridgehead atoms. The Labute approximate surface area is 157 Å². The number of rotatable bonds is 5. The van der Waals surface area contributed by atoms with Gasteiger partial charge in [0.25, 0.3) is 0 Å². The number of thioether (sulfide) groups is 1. The summed E-state index contributed by atoms with van der Waals surface area (Å²) in [6.45, 7) is 5.25. The first-order valence-electron chi connectivity index (χ1n) is 8.58. The molecular weight excluding hydrogens is 352 g/mol. The van der Waals surface area contributed by atoms with Crippen molar-refractivity contribution in [2.75, 3.05) is 26.0 Å². The monoisotopic (exact) mass is 376 g/mol. The second kappa shape index (κ2) is 8.09. The fourth-order valence-corrected chi connectivity index (χ4v) is 3.92. The molecule has 2 aromatic rings. The Bertz CT molecular complexity index is 770. The smallest absolute Gasteiger partial charge is 0.233 e. The predicted molar refractivity (Wildman–Crippen MR) is 100 cm³/mol. The predicted octanol–water partition coefficient (Wildman–Crippen LogP) is 2.22. The highest BCUT2D eigenvalue weighted by Crippen LogP contribution is 2.30. The minimum atomic E-state index is 0.0691. The zero-order valence-corrected chi connectivity index (χ0v) is 16.3. The molecule has 1 fully saturated rings. The molecule has 1 aliphatic rings. The molecule has 2 heterocycles. The second-order valence-corrected chi connectivity index (χ2v) is 7.35. The Kier molecular flexibility index (Phi) is 5.83. The van der Waals surface area contributed by atoms with Gasteiger partial charge in [-0.3, -0.25) is 4.79 Å². The SMILES string of the molecule is COc1ccccc1-c1nnc(SCC(=O)N2C[C@H](C)O[C@@H](C)C2)n1C. The zero-order chi connectivity index (χ0) is 18.7. The van der Waals surface area contributed by atoms with Gasteiger partial charge in [-0.05, 0) is 26.0 Å². The van der Waals surface area contributed by atoms with Crippen molar-refractivity contribution in [3.63, 3.8) is 0 Å². The molecule has 1 aliphatic heterocycles. The molecule has 0 aliphatic carbocycles. The van der Waals surface area contributed by atoms with E-state index in [0.717, 1.165) is 11.3 Å². The maximum atomic E-state index is 12.5. The molecule has 1 aromatic heterocycles. The lowest BCUT2D eigenvalue weighted by molar-refractivity contribution is -0.140. The highest BCUT2D eigenvalue weighted by atomic mass is 32.2. The van der Waals surface area contributed by atoms with Crippen molar-refractivity contribution in [2.24, 2.45) is 7.05 Å². The molecule has 7 nitrogen and oxygen atoms in total. The molecule has 1 amide bonds. The van der Waals surface area contributed by atoms with Crippen molar-refractivity contribution in [2.45, 2.75) is 31.2 Å². The Morgan fingerprint density at radius 3 is 2.65 bits per heavy atom. The lowest BCUT2D eigenvalue weighted by Gasteiger charge is -2.35. The van der Waals surface area contributed by atoms with E-state index < -0.39 is 0 Å². The number of nitrogens with zero attached hydrogens (tertiary/aromatic N) is 4. The molecule has 1 aromatic carbocycles. The number of hydrogen-bond acceptors (Lipinski definition) is 6. The Balaban J connectivity index is 1.68. The maximum Gasteiger partial charge on any atom is 0.233 e. The van der Waals surface area contributed by atoms with Gasteiger partial charge in [0.2, 0.25) is 5.91 Å². The number of hydrogen-bond donors (Lipinski definition) is 0. The zero-order valence-electron chi connectivity index (χ0n) is 15.5. The minimum Gasteiger partial charge on any atom is -0.496 e. The van der Waals surface area contributed by atoms with Crippen LogP contribution in [0.4, 0.5) is 0 Å². The van der Waals surface area contributed by atoms with Gasteiger partial charge in [0.1, 0.15) is 5.75 Å². The number of aromatic nitrogens is 3. The third-order valence-corrected chi connectivity index (χ3v) is 5.28. The van der Waals surface area contributed by atoms with E-state index in [1.807, 2.05) is 54.6 Å². The first-order chi connectivity index (χ1) is 12.5. The summed E-state index contributed by atoms with van der Waals surface area (Å²) in [6, 6.07) is 7.68. The van der Waals surface area contributed by atoms with Gasteiger partial charge in [-0.15, -0.1) is 10.2 Å². The first kappa shape index (κ1) is 18.7. The Hall–Kier alpha value is -2.06. The van der Waals surface area contributed by atoms with E-state index in [4.69, 9.17) is 9.47 Å². The number of ether oxygens (including phenoxy) is 2. The van der Waals surface area contributed by atoms with Crippen LogP contribution in [0.15, 0.2) is 29.4 Å². The molecule has 3 rings (SSSR count). The van der Waals surface area contributed by atoms with E-state index in [0.29, 0.717) is 29.8 Å². The van der Waals surface area contributed by atoms with Crippen LogP contribution in [0.2, 0.25) is 0 Å². The van der Waals surface area contributed by atoms with Crippen molar-refractivity contribution in [3.05, 3.63) is 24.3 Å². The standard InChI is InChI=1S/C18H24N4O3S/c1-12-9-22(10-13(2)25-12)16(23)11-26-18-20-19-17(21(18)3)14-7-5-6-8-15(14)24-4/h5-8,12-13H,9-11H2,1-4H3/t12-,13-/m0/s1. The number of morpholine rings is 1. The molecule has 1 saturated heterocycles. The van der Waals surface area contributed by atoms with Crippen LogP contribution >= 0.6 is 11.8 Å². The molecular formula is C18H24N4O3S. The maximum absolute atomic E-state index is 12.5. The molecule has 140 valence electrons. The molecule has 0 spiro atoms. The average Bonchev–Trinajstić information content (AvgIpc) is 2.99. The van der Waals surface area contributed by atoms with Crippen molar-refractivity contribution >= 4 is 17.7 Å². The topological polar surface area (TPSA) is 69.5 Å². The number of para-hydroxylation sites is 1. The van der Waals surface area contributed by atoms with Crippen LogP contribution in [0.1, 0.15) is 13.8 Å². The van der Waals surface area contributed by atoms with Gasteiger partial charge in [0.05, 0.1) is 30.6 Å². The summed E-state index contributed by atoms with van der Waals surface area (Å²) < 4.78 is 13.0. The van der Waals surface area contributed by atoms with Crippen molar-refractivity contribution in [1.82, 2.24) is 19.7 Å². The van der Waals surface area contributed by atoms with E-state index >= 15 is 0 Å². The van der Waals surface area contributed by atoms with E-state index in [-0.39, 0.29) is 18.1 Å². The lowest BCUT2D eigenvalue weighted by atomic mass is 10.2. The molecule has 0 unspecified atom stereocenters. The molecule has 26 heavy (non-hydrogen) atoms. The largest absolute Gasteiger partial charge is 0.496 e. The van der Waals surface area contributed by atoms with Gasteiger partial charge < -0.3 is 18.9 Å². The number of amides is 1. The van der Waals surface area contributed by atoms with Crippen LogP contribution in [-0.4, -0.2) is 63.7 Å². The number of methoxy groups -OCH3 is 1. The van der Waals surface area contributed by atoms with E-state index in [2.05, 4.69) is 10.2 Å². The number of carbonyl (C=O) groups is 1. The van der Waals surface area contributed by atoms with Crippen molar-refractivity contribution in [3.8, 4) is 17.1 Å². The normalized spacial score (nSPS) is 20.2. The molecule has 0 saturated carbocycles. The van der Waals surface area contributed by atoms with Gasteiger partial charge >= 0.3 is 0 Å². The summed E-state index contributed by atoms with van der Waals surface area (Å²) in [7, 11) is 3.53. The Morgan fingerprint density at radius 2 is 1.96 bits per heavy atom. The fraction of sp³-hybridized carbons (Fsp3) is 0.500. The minimum absolute atomic E-state index is 0.0691. The van der Waals surface area contributed by atoms with Crippen LogP contribution in [0.3, 0.4) is 0 Å². The van der Waals surface area contributed by atoms with E-state index in [1.54, 1.807) is 7.11 Å². The average molecular weight is 376 g/mol. The summed E-state index contributed by atoms with van der Waals surface area (Å²) in [5, 5.41) is 9.22. The van der Waals surface area contributed by atoms with Crippen molar-refractivity contribution in [1.29, 1.82) is 0 Å². The lowest BCUT2D eigenvalue weighted by Crippen LogP contribution is -2.48. The van der Waals surface area contributed by atoms with Gasteiger partial charge in [-0.2, -0.15) is 0 Å². The fourth-order valence-electron chi connectivity index (χ4n) is 3.10. The second-order valence-electron chi connectivity index (χ2n) is 6.41. The third kappa shape index (κ3) is 4.02. The highest BCUT2D eigenvalue weighted by molar-refractivity contribution is 7.99. The van der Waals surface area contributed by atoms with Crippen LogP contribution in [-0.2, 0) is 16.6 Å². The van der Waals surface area contributed by atoms with Gasteiger partial charge in [-0.25, -0.2) is 0 Å². The summed E-state index contributed by atoms with van der Waals surface area (Å²) in [5.74, 6) is 1.88. The van der Waals surface area contributed by atoms with Gasteiger partial charge in [-0.1, -0.05) is 23.9 Å². The third-order valence-electron chi connectivity index (χ3n) is 4.28. The number of benzene rings is 1. The van der Waals surface area contributed by atoms with Crippen LogP contribution < -0.4 is 4.74 Å². The molecule has 8 heteroatoms. The van der Waals surface area contributed by atoms with E-state index in [1.165, 1.54) is 11.8 Å². The summed E-state index contributed by atoms with van der Waals surface area (Å²) in [5.41, 5.74) is 0.874. The molecule has 2 atom stereocenters. The first-order valence-corrected chi connectivity index (χ1v) is 9.57. The molecule has 0 N–H and O–H groups in total. The van der Waals surface area contributed by atoms with Crippen LogP contribution in [0.25, 0.3) is 11.4 Å². The quantitative estimate of drug-likeness (QED) is 0.746. The van der Waals surface area contributed by atoms with Crippen LogP contribution in [0, 0.1) is 0 Å². The van der Waals surface area contributed by atoms with E-state index in [9.17, 15) is 4.79 Å².